The van der Waals surface area contributed by atoms with Crippen molar-refractivity contribution in [1.82, 2.24) is 5.32 Å². The van der Waals surface area contributed by atoms with E-state index in [0.717, 1.165) is 13.0 Å². The maximum Gasteiger partial charge on any atom is 0.0781 e. The summed E-state index contributed by atoms with van der Waals surface area (Å²) in [4.78, 5) is 0. The van der Waals surface area contributed by atoms with E-state index in [-0.39, 0.29) is 5.60 Å². The molecule has 0 aliphatic rings. The minimum atomic E-state index is -0.147. The van der Waals surface area contributed by atoms with Gasteiger partial charge in [-0.2, -0.15) is 0 Å². The Morgan fingerprint density at radius 1 is 1.29 bits per heavy atom. The Morgan fingerprint density at radius 3 is 2.47 bits per heavy atom. The monoisotopic (exact) mass is 235 g/mol. The second-order valence-corrected chi connectivity index (χ2v) is 5.01. The van der Waals surface area contributed by atoms with Crippen LogP contribution in [0, 0.1) is 6.92 Å². The van der Waals surface area contributed by atoms with E-state index < -0.39 is 0 Å². The summed E-state index contributed by atoms with van der Waals surface area (Å²) in [6, 6.07) is 8.87. The Bertz CT molecular complexity index is 347. The molecule has 0 spiro atoms. The zero-order valence-corrected chi connectivity index (χ0v) is 11.7. The highest BCUT2D eigenvalue weighted by molar-refractivity contribution is 5.26. The van der Waals surface area contributed by atoms with Gasteiger partial charge in [-0.05, 0) is 52.3 Å². The zero-order valence-electron chi connectivity index (χ0n) is 11.7. The fraction of sp³-hybridized carbons (Fsp3) is 0.600. The molecule has 0 radical (unpaired) electrons. The molecule has 0 fully saturated rings. The van der Waals surface area contributed by atoms with Gasteiger partial charge in [-0.15, -0.1) is 0 Å². The maximum absolute atomic E-state index is 5.83. The summed E-state index contributed by atoms with van der Waals surface area (Å²) in [6.07, 6.45) is 0.996. The molecule has 0 saturated carbocycles. The van der Waals surface area contributed by atoms with Crippen molar-refractivity contribution < 1.29 is 4.74 Å². The summed E-state index contributed by atoms with van der Waals surface area (Å²) in [7, 11) is 2.00. The predicted octanol–water partition coefficient (Wildman–Crippen LogP) is 2.94. The molecule has 1 atom stereocenters. The first-order valence-corrected chi connectivity index (χ1v) is 6.37. The molecule has 2 nitrogen and oxygen atoms in total. The van der Waals surface area contributed by atoms with E-state index in [9.17, 15) is 0 Å². The van der Waals surface area contributed by atoms with Crippen LogP contribution >= 0.6 is 0 Å². The van der Waals surface area contributed by atoms with Gasteiger partial charge in [-0.25, -0.2) is 0 Å². The van der Waals surface area contributed by atoms with Crippen LogP contribution in [0.5, 0.6) is 0 Å². The van der Waals surface area contributed by atoms with Gasteiger partial charge in [0.1, 0.15) is 0 Å². The molecule has 17 heavy (non-hydrogen) atoms. The van der Waals surface area contributed by atoms with Gasteiger partial charge in [0.15, 0.2) is 0 Å². The van der Waals surface area contributed by atoms with E-state index in [1.165, 1.54) is 11.1 Å². The summed E-state index contributed by atoms with van der Waals surface area (Å²) in [6.45, 7) is 9.25. The highest BCUT2D eigenvalue weighted by Gasteiger charge is 2.29. The minimum Gasteiger partial charge on any atom is -0.374 e. The normalized spacial score (nSPS) is 13.7. The smallest absolute Gasteiger partial charge is 0.0781 e. The van der Waals surface area contributed by atoms with E-state index >= 15 is 0 Å². The van der Waals surface area contributed by atoms with Gasteiger partial charge in [0.25, 0.3) is 0 Å². The van der Waals surface area contributed by atoms with Crippen LogP contribution in [-0.4, -0.2) is 25.3 Å². The zero-order chi connectivity index (χ0) is 12.9. The Morgan fingerprint density at radius 2 is 1.94 bits per heavy atom. The molecule has 0 aliphatic carbocycles. The highest BCUT2D eigenvalue weighted by atomic mass is 16.5. The fourth-order valence-electron chi connectivity index (χ4n) is 2.23. The molecule has 1 rings (SSSR count). The standard InChI is InChI=1S/C15H25NO/c1-6-17-15(3,4)14(16-5)11-13-10-8-7-9-12(13)2/h7-10,14,16H,6,11H2,1-5H3. The van der Waals surface area contributed by atoms with Crippen LogP contribution in [0.3, 0.4) is 0 Å². The van der Waals surface area contributed by atoms with Crippen molar-refractivity contribution in [3.05, 3.63) is 35.4 Å². The van der Waals surface area contributed by atoms with E-state index in [1.807, 2.05) is 14.0 Å². The van der Waals surface area contributed by atoms with Crippen molar-refractivity contribution in [2.45, 2.75) is 45.8 Å². The van der Waals surface area contributed by atoms with Gasteiger partial charge in [-0.3, -0.25) is 0 Å². The summed E-state index contributed by atoms with van der Waals surface area (Å²) in [5, 5.41) is 3.38. The van der Waals surface area contributed by atoms with Crippen molar-refractivity contribution in [2.75, 3.05) is 13.7 Å². The third-order valence-electron chi connectivity index (χ3n) is 3.39. The number of nitrogens with one attached hydrogen (secondary N) is 1. The molecule has 0 heterocycles. The van der Waals surface area contributed by atoms with Crippen molar-refractivity contribution in [1.29, 1.82) is 0 Å². The lowest BCUT2D eigenvalue weighted by atomic mass is 9.90. The molecule has 1 N–H and O–H groups in total. The van der Waals surface area contributed by atoms with Crippen LogP contribution in [0.2, 0.25) is 0 Å². The third kappa shape index (κ3) is 3.83. The molecule has 2 heteroatoms. The Hall–Kier alpha value is -0.860. The summed E-state index contributed by atoms with van der Waals surface area (Å²) < 4.78 is 5.83. The lowest BCUT2D eigenvalue weighted by molar-refractivity contribution is -0.0363. The second kappa shape index (κ2) is 6.18. The SMILES string of the molecule is CCOC(C)(C)C(Cc1ccccc1C)NC. The van der Waals surface area contributed by atoms with Gasteiger partial charge in [0, 0.05) is 12.6 Å². The minimum absolute atomic E-state index is 0.147. The number of ether oxygens (including phenoxy) is 1. The van der Waals surface area contributed by atoms with E-state index in [4.69, 9.17) is 4.74 Å². The van der Waals surface area contributed by atoms with E-state index in [0.29, 0.717) is 6.04 Å². The first-order valence-electron chi connectivity index (χ1n) is 6.37. The van der Waals surface area contributed by atoms with Crippen LogP contribution < -0.4 is 5.32 Å². The number of aryl methyl sites for hydroxylation is 1. The molecule has 1 unspecified atom stereocenters. The Balaban J connectivity index is 2.80. The molecule has 96 valence electrons. The van der Waals surface area contributed by atoms with Gasteiger partial charge >= 0.3 is 0 Å². The van der Waals surface area contributed by atoms with Crippen molar-refractivity contribution in [3.8, 4) is 0 Å². The number of benzene rings is 1. The van der Waals surface area contributed by atoms with Crippen LogP contribution in [0.15, 0.2) is 24.3 Å². The molecule has 0 aliphatic heterocycles. The van der Waals surface area contributed by atoms with E-state index in [2.05, 4.69) is 50.4 Å². The number of hydrogen-bond acceptors (Lipinski definition) is 2. The third-order valence-corrected chi connectivity index (χ3v) is 3.39. The number of hydrogen-bond donors (Lipinski definition) is 1. The lowest BCUT2D eigenvalue weighted by Crippen LogP contribution is -2.48. The Labute approximate surface area is 105 Å². The largest absolute Gasteiger partial charge is 0.374 e. The van der Waals surface area contributed by atoms with Gasteiger partial charge in [-0.1, -0.05) is 24.3 Å². The van der Waals surface area contributed by atoms with Crippen molar-refractivity contribution >= 4 is 0 Å². The van der Waals surface area contributed by atoms with Crippen LogP contribution in [-0.2, 0) is 11.2 Å². The fourth-order valence-corrected chi connectivity index (χ4v) is 2.23. The van der Waals surface area contributed by atoms with Crippen molar-refractivity contribution in [3.63, 3.8) is 0 Å². The molecule has 1 aromatic carbocycles. The first kappa shape index (κ1) is 14.2. The quantitative estimate of drug-likeness (QED) is 0.818. The second-order valence-electron chi connectivity index (χ2n) is 5.01. The van der Waals surface area contributed by atoms with E-state index in [1.54, 1.807) is 0 Å². The van der Waals surface area contributed by atoms with Crippen LogP contribution in [0.4, 0.5) is 0 Å². The average Bonchev–Trinajstić information content (AvgIpc) is 2.27. The molecule has 0 amide bonds. The van der Waals surface area contributed by atoms with Gasteiger partial charge < -0.3 is 10.1 Å². The topological polar surface area (TPSA) is 21.3 Å². The molecule has 1 aromatic rings. The van der Waals surface area contributed by atoms with Crippen LogP contribution in [0.1, 0.15) is 31.9 Å². The summed E-state index contributed by atoms with van der Waals surface area (Å²) in [5.41, 5.74) is 2.59. The average molecular weight is 235 g/mol. The molecule has 0 aromatic heterocycles. The molecule has 0 bridgehead atoms. The highest BCUT2D eigenvalue weighted by Crippen LogP contribution is 2.20. The summed E-state index contributed by atoms with van der Waals surface area (Å²) in [5.74, 6) is 0. The molecular weight excluding hydrogens is 210 g/mol. The van der Waals surface area contributed by atoms with Gasteiger partial charge in [0.2, 0.25) is 0 Å². The number of rotatable bonds is 6. The molecular formula is C15H25NO. The number of likely N-dealkylation sites (N-methyl/N-ethyl adjacent to an activating group) is 1. The first-order chi connectivity index (χ1) is 8.01. The van der Waals surface area contributed by atoms with Crippen LogP contribution in [0.25, 0.3) is 0 Å². The maximum atomic E-state index is 5.83. The van der Waals surface area contributed by atoms with Crippen molar-refractivity contribution in [2.24, 2.45) is 0 Å². The molecule has 0 saturated heterocycles. The lowest BCUT2D eigenvalue weighted by Gasteiger charge is -2.34. The van der Waals surface area contributed by atoms with Gasteiger partial charge in [0.05, 0.1) is 5.60 Å². The summed E-state index contributed by atoms with van der Waals surface area (Å²) >= 11 is 0. The predicted molar refractivity (Wildman–Crippen MR) is 73.4 cm³/mol. The Kier molecular flexibility index (Phi) is 5.16.